The Morgan fingerprint density at radius 1 is 0.771 bits per heavy atom. The van der Waals surface area contributed by atoms with Gasteiger partial charge in [-0.1, -0.05) is 142 Å². The minimum absolute atomic E-state index is 0.207. The minimum atomic E-state index is -2.90. The summed E-state index contributed by atoms with van der Waals surface area (Å²) in [7, 11) is -1.21. The van der Waals surface area contributed by atoms with E-state index in [1.165, 1.54) is 21.7 Å². The molecule has 6 rings (SSSR count). The molecule has 0 aliphatic carbocycles. The Bertz CT molecular complexity index is 1630. The van der Waals surface area contributed by atoms with Crippen LogP contribution in [0.15, 0.2) is 133 Å². The summed E-state index contributed by atoms with van der Waals surface area (Å²) in [5, 5.41) is 4.90. The lowest BCUT2D eigenvalue weighted by molar-refractivity contribution is -0.334. The van der Waals surface area contributed by atoms with Gasteiger partial charge in [0.15, 0.2) is 5.01 Å². The van der Waals surface area contributed by atoms with Crippen molar-refractivity contribution in [3.63, 3.8) is 0 Å². The standard InChI is InChI=1S/C40H45NO5SSi/c1-39(2,3)48(33-21-13-7-14-22-33,34-23-15-8-16-24-34)45-30-36-37(44-29-32-19-11-6-12-20-32)35(43-28-31-17-9-5-10-18-31)27-40(42-4,46-36)38-41-25-26-47-38/h5-26,35-37H,27-30H2,1-4H3/t35-,36-,37+,40?/m1/s1. The molecule has 4 aromatic carbocycles. The highest BCUT2D eigenvalue weighted by Crippen LogP contribution is 2.43. The van der Waals surface area contributed by atoms with Gasteiger partial charge < -0.3 is 23.4 Å². The summed E-state index contributed by atoms with van der Waals surface area (Å²) >= 11 is 1.51. The van der Waals surface area contributed by atoms with E-state index in [9.17, 15) is 0 Å². The highest BCUT2D eigenvalue weighted by atomic mass is 32.1. The molecule has 1 aliphatic heterocycles. The average Bonchev–Trinajstić information content (AvgIpc) is 3.68. The maximum absolute atomic E-state index is 7.46. The number of nitrogens with zero attached hydrogens (tertiary/aromatic N) is 1. The molecule has 0 spiro atoms. The van der Waals surface area contributed by atoms with Gasteiger partial charge in [-0.3, -0.25) is 0 Å². The maximum atomic E-state index is 7.46. The van der Waals surface area contributed by atoms with Gasteiger partial charge >= 0.3 is 0 Å². The summed E-state index contributed by atoms with van der Waals surface area (Å²) in [6, 6.07) is 41.8. The molecule has 0 radical (unpaired) electrons. The fourth-order valence-corrected chi connectivity index (χ4v) is 12.1. The molecule has 4 atom stereocenters. The first-order valence-corrected chi connectivity index (χ1v) is 19.3. The smallest absolute Gasteiger partial charge is 0.261 e. The second-order valence-corrected chi connectivity index (χ2v) is 18.4. The van der Waals surface area contributed by atoms with Crippen LogP contribution in [0, 0.1) is 0 Å². The van der Waals surface area contributed by atoms with Crippen molar-refractivity contribution in [2.24, 2.45) is 0 Å². The normalized spacial score (nSPS) is 21.6. The van der Waals surface area contributed by atoms with E-state index in [0.29, 0.717) is 19.6 Å². The first-order valence-electron chi connectivity index (χ1n) is 16.5. The van der Waals surface area contributed by atoms with Gasteiger partial charge in [-0.05, 0) is 26.5 Å². The van der Waals surface area contributed by atoms with Crippen molar-refractivity contribution in [1.29, 1.82) is 0 Å². The fraction of sp³-hybridized carbons (Fsp3) is 0.325. The van der Waals surface area contributed by atoms with Crippen molar-refractivity contribution in [1.82, 2.24) is 4.98 Å². The first kappa shape index (κ1) is 34.4. The van der Waals surface area contributed by atoms with E-state index < -0.39 is 26.3 Å². The second kappa shape index (κ2) is 15.4. The van der Waals surface area contributed by atoms with Crippen LogP contribution in [-0.2, 0) is 42.4 Å². The Labute approximate surface area is 289 Å². The van der Waals surface area contributed by atoms with E-state index >= 15 is 0 Å². The molecule has 48 heavy (non-hydrogen) atoms. The molecular weight excluding hydrogens is 635 g/mol. The van der Waals surface area contributed by atoms with Crippen LogP contribution in [0.3, 0.4) is 0 Å². The van der Waals surface area contributed by atoms with Crippen LogP contribution in [0.4, 0.5) is 0 Å². The number of benzene rings is 4. The molecule has 0 saturated carbocycles. The van der Waals surface area contributed by atoms with Gasteiger partial charge in [0.1, 0.15) is 12.2 Å². The third-order valence-electron chi connectivity index (χ3n) is 9.11. The molecular formula is C40H45NO5SSi. The van der Waals surface area contributed by atoms with Gasteiger partial charge in [-0.2, -0.15) is 0 Å². The van der Waals surface area contributed by atoms with Gasteiger partial charge in [-0.25, -0.2) is 4.98 Å². The Hall–Kier alpha value is -3.47. The molecule has 6 nitrogen and oxygen atoms in total. The summed E-state index contributed by atoms with van der Waals surface area (Å²) in [6.07, 6.45) is 0.845. The number of thiazole rings is 1. The summed E-state index contributed by atoms with van der Waals surface area (Å²) in [4.78, 5) is 4.67. The van der Waals surface area contributed by atoms with Crippen molar-refractivity contribution in [2.75, 3.05) is 13.7 Å². The maximum Gasteiger partial charge on any atom is 0.261 e. The molecule has 250 valence electrons. The number of methoxy groups -OCH3 is 1. The van der Waals surface area contributed by atoms with Crippen LogP contribution >= 0.6 is 11.3 Å². The number of aromatic nitrogens is 1. The minimum Gasteiger partial charge on any atom is -0.405 e. The molecule has 8 heteroatoms. The summed E-state index contributed by atoms with van der Waals surface area (Å²) < 4.78 is 34.4. The Morgan fingerprint density at radius 3 is 1.77 bits per heavy atom. The van der Waals surface area contributed by atoms with Crippen LogP contribution < -0.4 is 10.4 Å². The first-order chi connectivity index (χ1) is 23.3. The molecule has 1 aromatic heterocycles. The van der Waals surface area contributed by atoms with Gasteiger partial charge in [0.2, 0.25) is 5.79 Å². The monoisotopic (exact) mass is 679 g/mol. The van der Waals surface area contributed by atoms with Gasteiger partial charge in [0, 0.05) is 25.1 Å². The number of ether oxygens (including phenoxy) is 4. The van der Waals surface area contributed by atoms with E-state index in [-0.39, 0.29) is 17.7 Å². The Kier molecular flexibility index (Phi) is 11.0. The van der Waals surface area contributed by atoms with Crippen molar-refractivity contribution in [2.45, 2.75) is 69.5 Å². The third kappa shape index (κ3) is 7.40. The Morgan fingerprint density at radius 2 is 1.29 bits per heavy atom. The lowest BCUT2D eigenvalue weighted by Crippen LogP contribution is -2.68. The highest BCUT2D eigenvalue weighted by Gasteiger charge is 2.55. The van der Waals surface area contributed by atoms with Crippen molar-refractivity contribution in [3.05, 3.63) is 149 Å². The molecule has 5 aromatic rings. The van der Waals surface area contributed by atoms with Crippen LogP contribution in [0.25, 0.3) is 0 Å². The quantitative estimate of drug-likeness (QED) is 0.120. The zero-order valence-electron chi connectivity index (χ0n) is 28.2. The summed E-state index contributed by atoms with van der Waals surface area (Å²) in [6.45, 7) is 7.96. The molecule has 0 N–H and O–H groups in total. The van der Waals surface area contributed by atoms with Crippen LogP contribution in [0.5, 0.6) is 0 Å². The number of rotatable bonds is 13. The molecule has 1 saturated heterocycles. The SMILES string of the molecule is COC1(c2nccs2)C[C@@H](OCc2ccccc2)[C@H](OCc2ccccc2)[C@@H](CO[Si](c2ccccc2)(c2ccccc2)C(C)(C)C)O1. The number of hydrogen-bond donors (Lipinski definition) is 0. The lowest BCUT2D eigenvalue weighted by Gasteiger charge is -2.48. The van der Waals surface area contributed by atoms with Gasteiger partial charge in [0.25, 0.3) is 8.32 Å². The molecule has 0 amide bonds. The topological polar surface area (TPSA) is 59.0 Å². The summed E-state index contributed by atoms with van der Waals surface area (Å²) in [5.74, 6) is -1.12. The van der Waals surface area contributed by atoms with Crippen LogP contribution in [0.2, 0.25) is 5.04 Å². The van der Waals surface area contributed by atoms with Gasteiger partial charge in [0.05, 0.1) is 25.9 Å². The predicted molar refractivity (Wildman–Crippen MR) is 194 cm³/mol. The van der Waals surface area contributed by atoms with E-state index in [2.05, 4.69) is 111 Å². The highest BCUT2D eigenvalue weighted by molar-refractivity contribution is 7.09. The van der Waals surface area contributed by atoms with E-state index in [1.54, 1.807) is 13.3 Å². The average molecular weight is 680 g/mol. The van der Waals surface area contributed by atoms with Gasteiger partial charge in [-0.15, -0.1) is 11.3 Å². The van der Waals surface area contributed by atoms with E-state index in [4.69, 9.17) is 23.4 Å². The van der Waals surface area contributed by atoms with Crippen LogP contribution in [0.1, 0.15) is 43.3 Å². The molecule has 0 bridgehead atoms. The molecule has 1 aliphatic rings. The second-order valence-electron chi connectivity index (χ2n) is 13.2. The van der Waals surface area contributed by atoms with E-state index in [0.717, 1.165) is 16.1 Å². The molecule has 2 heterocycles. The zero-order valence-corrected chi connectivity index (χ0v) is 30.0. The number of hydrogen-bond acceptors (Lipinski definition) is 7. The van der Waals surface area contributed by atoms with Crippen LogP contribution in [-0.4, -0.2) is 45.3 Å². The van der Waals surface area contributed by atoms with Crippen molar-refractivity contribution < 1.29 is 23.4 Å². The largest absolute Gasteiger partial charge is 0.405 e. The summed E-state index contributed by atoms with van der Waals surface area (Å²) in [5.41, 5.74) is 2.16. The predicted octanol–water partition coefficient (Wildman–Crippen LogP) is 7.48. The third-order valence-corrected chi connectivity index (χ3v) is 15.0. The Balaban J connectivity index is 1.41. The zero-order chi connectivity index (χ0) is 33.5. The van der Waals surface area contributed by atoms with Crippen molar-refractivity contribution in [3.8, 4) is 0 Å². The molecule has 1 fully saturated rings. The lowest BCUT2D eigenvalue weighted by atomic mass is 9.95. The van der Waals surface area contributed by atoms with E-state index in [1.807, 2.05) is 41.8 Å². The fourth-order valence-electron chi connectivity index (χ4n) is 6.76. The van der Waals surface area contributed by atoms with Crippen molar-refractivity contribution >= 4 is 30.0 Å². The molecule has 1 unspecified atom stereocenters.